The van der Waals surface area contributed by atoms with E-state index in [2.05, 4.69) is 49.9 Å². The molecule has 1 aromatic heterocycles. The molecule has 1 aliphatic rings. The van der Waals surface area contributed by atoms with Crippen LogP contribution in [0.5, 0.6) is 0 Å². The maximum Gasteiger partial charge on any atom is 0.234 e. The van der Waals surface area contributed by atoms with Crippen molar-refractivity contribution in [3.05, 3.63) is 33.5 Å². The van der Waals surface area contributed by atoms with Crippen LogP contribution in [0.3, 0.4) is 0 Å². The molecule has 1 fully saturated rings. The number of amides is 1. The van der Waals surface area contributed by atoms with Crippen LogP contribution in [0, 0.1) is 0 Å². The molecule has 0 radical (unpaired) electrons. The average molecular weight is 474 g/mol. The van der Waals surface area contributed by atoms with Gasteiger partial charge in [0.25, 0.3) is 0 Å². The zero-order chi connectivity index (χ0) is 19.4. The van der Waals surface area contributed by atoms with Gasteiger partial charge in [0, 0.05) is 17.0 Å². The topological polar surface area (TPSA) is 69.0 Å². The largest absolute Gasteiger partial charge is 0.376 e. The number of nitrogens with zero attached hydrogens (tertiary/aromatic N) is 3. The summed E-state index contributed by atoms with van der Waals surface area (Å²) >= 11 is 10.9. The third-order valence-electron chi connectivity index (χ3n) is 4.21. The van der Waals surface area contributed by atoms with Crippen molar-refractivity contribution < 1.29 is 9.53 Å². The maximum absolute atomic E-state index is 12.3. The van der Waals surface area contributed by atoms with Crippen LogP contribution < -0.4 is 5.32 Å². The van der Waals surface area contributed by atoms with E-state index in [1.165, 1.54) is 11.8 Å². The van der Waals surface area contributed by atoms with Crippen molar-refractivity contribution in [1.82, 2.24) is 14.8 Å². The molecular weight excluding hydrogens is 452 g/mol. The summed E-state index contributed by atoms with van der Waals surface area (Å²) in [5.74, 6) is 1.27. The number of halogens is 2. The lowest BCUT2D eigenvalue weighted by Gasteiger charge is -2.16. The molecule has 0 aliphatic carbocycles. The molecular formula is C18H22BrClN4O2S. The van der Waals surface area contributed by atoms with Crippen molar-refractivity contribution in [3.63, 3.8) is 0 Å². The number of hydrogen-bond donors (Lipinski definition) is 1. The van der Waals surface area contributed by atoms with E-state index in [4.69, 9.17) is 16.3 Å². The van der Waals surface area contributed by atoms with Gasteiger partial charge in [0.2, 0.25) is 5.91 Å². The quantitative estimate of drug-likeness (QED) is 0.589. The Morgan fingerprint density at radius 2 is 2.30 bits per heavy atom. The molecule has 3 rings (SSSR count). The number of carbonyl (C=O) groups is 1. The van der Waals surface area contributed by atoms with Crippen LogP contribution in [0.25, 0.3) is 0 Å². The Kier molecular flexibility index (Phi) is 7.19. The highest BCUT2D eigenvalue weighted by molar-refractivity contribution is 9.10. The van der Waals surface area contributed by atoms with Gasteiger partial charge in [0.05, 0.1) is 29.1 Å². The lowest BCUT2D eigenvalue weighted by atomic mass is 10.2. The van der Waals surface area contributed by atoms with Crippen LogP contribution >= 0.6 is 39.3 Å². The second kappa shape index (κ2) is 9.41. The number of hydrogen-bond acceptors (Lipinski definition) is 5. The monoisotopic (exact) mass is 472 g/mol. The average Bonchev–Trinajstić information content (AvgIpc) is 3.26. The van der Waals surface area contributed by atoms with Crippen LogP contribution in [0.15, 0.2) is 27.8 Å². The number of benzene rings is 1. The van der Waals surface area contributed by atoms with Crippen molar-refractivity contribution in [1.29, 1.82) is 0 Å². The summed E-state index contributed by atoms with van der Waals surface area (Å²) in [7, 11) is 0. The fourth-order valence-electron chi connectivity index (χ4n) is 2.90. The van der Waals surface area contributed by atoms with E-state index in [0.29, 0.717) is 10.7 Å². The van der Waals surface area contributed by atoms with E-state index in [-0.39, 0.29) is 23.7 Å². The fraction of sp³-hybridized carbons (Fsp3) is 0.500. The van der Waals surface area contributed by atoms with Gasteiger partial charge in [0.1, 0.15) is 5.82 Å². The molecule has 1 aromatic carbocycles. The number of ether oxygens (including phenoxy) is 1. The normalized spacial score (nSPS) is 16.9. The predicted octanol–water partition coefficient (Wildman–Crippen LogP) is 4.73. The van der Waals surface area contributed by atoms with E-state index >= 15 is 0 Å². The van der Waals surface area contributed by atoms with Gasteiger partial charge in [-0.25, -0.2) is 0 Å². The fourth-order valence-corrected chi connectivity index (χ4v) is 4.38. The Hall–Kier alpha value is -1.09. The van der Waals surface area contributed by atoms with E-state index in [9.17, 15) is 4.79 Å². The van der Waals surface area contributed by atoms with Gasteiger partial charge < -0.3 is 14.6 Å². The maximum atomic E-state index is 12.3. The molecule has 2 aromatic rings. The molecule has 9 heteroatoms. The van der Waals surface area contributed by atoms with Crippen molar-refractivity contribution in [2.75, 3.05) is 17.7 Å². The van der Waals surface area contributed by atoms with Crippen LogP contribution in [0.1, 0.15) is 38.4 Å². The molecule has 1 amide bonds. The molecule has 0 spiro atoms. The van der Waals surface area contributed by atoms with Crippen molar-refractivity contribution in [2.45, 2.75) is 50.4 Å². The van der Waals surface area contributed by atoms with Crippen LogP contribution in [-0.2, 0) is 16.1 Å². The molecule has 0 saturated carbocycles. The molecule has 1 N–H and O–H groups in total. The van der Waals surface area contributed by atoms with Crippen molar-refractivity contribution in [2.24, 2.45) is 0 Å². The van der Waals surface area contributed by atoms with Crippen molar-refractivity contribution >= 4 is 50.9 Å². The minimum absolute atomic E-state index is 0.137. The first-order chi connectivity index (χ1) is 12.9. The highest BCUT2D eigenvalue weighted by Crippen LogP contribution is 2.27. The Balaban J connectivity index is 1.65. The number of aromatic nitrogens is 3. The Morgan fingerprint density at radius 3 is 2.96 bits per heavy atom. The minimum atomic E-state index is -0.137. The molecule has 6 nitrogen and oxygen atoms in total. The Morgan fingerprint density at radius 1 is 1.48 bits per heavy atom. The first-order valence-corrected chi connectivity index (χ1v) is 11.0. The van der Waals surface area contributed by atoms with Gasteiger partial charge in [-0.2, -0.15) is 0 Å². The third kappa shape index (κ3) is 5.47. The number of carbonyl (C=O) groups excluding carboxylic acids is 1. The summed E-state index contributed by atoms with van der Waals surface area (Å²) in [6.07, 6.45) is 2.32. The number of thioether (sulfide) groups is 1. The van der Waals surface area contributed by atoms with Gasteiger partial charge >= 0.3 is 0 Å². The summed E-state index contributed by atoms with van der Waals surface area (Å²) in [6, 6.07) is 5.35. The third-order valence-corrected chi connectivity index (χ3v) is 5.98. The van der Waals surface area contributed by atoms with Gasteiger partial charge in [0.15, 0.2) is 5.16 Å². The summed E-state index contributed by atoms with van der Waals surface area (Å²) < 4.78 is 8.71. The van der Waals surface area contributed by atoms with E-state index in [0.717, 1.165) is 41.4 Å². The summed E-state index contributed by atoms with van der Waals surface area (Å²) in [4.78, 5) is 12.3. The predicted molar refractivity (Wildman–Crippen MR) is 112 cm³/mol. The Bertz CT molecular complexity index is 809. The Labute approximate surface area is 176 Å². The molecule has 0 bridgehead atoms. The van der Waals surface area contributed by atoms with E-state index in [1.807, 2.05) is 6.07 Å². The van der Waals surface area contributed by atoms with Crippen LogP contribution in [0.4, 0.5) is 5.69 Å². The standard InChI is InChI=1S/C18H22BrClN4O2S/c1-11(2)17-22-23-18(24(17)9-13-4-3-7-26-13)27-10-16(25)21-15-6-5-12(19)8-14(15)20/h5-6,8,11,13H,3-4,7,9-10H2,1-2H3,(H,21,25). The first-order valence-electron chi connectivity index (χ1n) is 8.86. The van der Waals surface area contributed by atoms with Crippen molar-refractivity contribution in [3.8, 4) is 0 Å². The van der Waals surface area contributed by atoms with Crippen LogP contribution in [0.2, 0.25) is 5.02 Å². The number of rotatable bonds is 7. The summed E-state index contributed by atoms with van der Waals surface area (Å²) in [5.41, 5.74) is 0.592. The highest BCUT2D eigenvalue weighted by Gasteiger charge is 2.22. The van der Waals surface area contributed by atoms with E-state index in [1.54, 1.807) is 12.1 Å². The highest BCUT2D eigenvalue weighted by atomic mass is 79.9. The summed E-state index contributed by atoms with van der Waals surface area (Å²) in [6.45, 7) is 5.71. The van der Waals surface area contributed by atoms with Gasteiger partial charge in [-0.1, -0.05) is 53.1 Å². The minimum Gasteiger partial charge on any atom is -0.376 e. The lowest BCUT2D eigenvalue weighted by molar-refractivity contribution is -0.113. The number of anilines is 1. The molecule has 1 atom stereocenters. The SMILES string of the molecule is CC(C)c1nnc(SCC(=O)Nc2ccc(Br)cc2Cl)n1CC1CCCO1. The molecule has 1 aliphatic heterocycles. The van der Waals surface area contributed by atoms with Crippen LogP contribution in [-0.4, -0.2) is 39.1 Å². The van der Waals surface area contributed by atoms with Gasteiger partial charge in [-0.05, 0) is 31.0 Å². The molecule has 146 valence electrons. The molecule has 1 saturated heterocycles. The zero-order valence-electron chi connectivity index (χ0n) is 15.2. The van der Waals surface area contributed by atoms with E-state index < -0.39 is 0 Å². The molecule has 1 unspecified atom stereocenters. The first kappa shape index (κ1) is 20.6. The second-order valence-corrected chi connectivity index (χ2v) is 8.97. The lowest BCUT2D eigenvalue weighted by Crippen LogP contribution is -2.19. The zero-order valence-corrected chi connectivity index (χ0v) is 18.4. The summed E-state index contributed by atoms with van der Waals surface area (Å²) in [5, 5.41) is 12.7. The van der Waals surface area contributed by atoms with Gasteiger partial charge in [-0.15, -0.1) is 10.2 Å². The molecule has 27 heavy (non-hydrogen) atoms. The second-order valence-electron chi connectivity index (χ2n) is 6.70. The van der Waals surface area contributed by atoms with Gasteiger partial charge in [-0.3, -0.25) is 4.79 Å². The molecule has 2 heterocycles. The smallest absolute Gasteiger partial charge is 0.234 e. The number of nitrogens with one attached hydrogen (secondary N) is 1.